The summed E-state index contributed by atoms with van der Waals surface area (Å²) < 4.78 is 1.67. The van der Waals surface area contributed by atoms with Crippen LogP contribution in [0.1, 0.15) is 106 Å². The number of thiazole rings is 1. The van der Waals surface area contributed by atoms with E-state index in [1.807, 2.05) is 69.6 Å². The number of aliphatic hydroxyl groups is 1. The van der Waals surface area contributed by atoms with Crippen molar-refractivity contribution >= 4 is 69.1 Å². The molecule has 0 bridgehead atoms. The van der Waals surface area contributed by atoms with Crippen molar-refractivity contribution in [2.75, 3.05) is 42.9 Å². The number of hydrogen-bond donors (Lipinski definition) is 3. The fraction of sp³-hybridized carbons (Fsp3) is 0.480. The summed E-state index contributed by atoms with van der Waals surface area (Å²) in [6, 6.07) is 10.6. The molecule has 8 rings (SSSR count). The molecule has 0 unspecified atom stereocenters. The fourth-order valence-corrected chi connectivity index (χ4v) is 10.6. The van der Waals surface area contributed by atoms with Gasteiger partial charge in [-0.25, -0.2) is 15.0 Å². The summed E-state index contributed by atoms with van der Waals surface area (Å²) in [6.45, 7) is 12.8. The molecule has 4 aromatic heterocycles. The number of amides is 3. The summed E-state index contributed by atoms with van der Waals surface area (Å²) >= 11 is 1.57. The largest absolute Gasteiger partial charge is 0.391 e. The smallest absolute Gasteiger partial charge is 0.263 e. The predicted octanol–water partition coefficient (Wildman–Crippen LogP) is 5.93. The van der Waals surface area contributed by atoms with Crippen LogP contribution in [0.25, 0.3) is 21.5 Å². The number of Topliss-reactive ketones (excluding diaryl/α,β-unsaturated/α-hetero) is 2. The van der Waals surface area contributed by atoms with Gasteiger partial charge in [-0.05, 0) is 67.9 Å². The molecule has 1 aromatic carbocycles. The molecule has 2 aliphatic heterocycles. The van der Waals surface area contributed by atoms with Gasteiger partial charge < -0.3 is 30.4 Å². The molecular formula is C50H60N10O7S. The highest BCUT2D eigenvalue weighted by Gasteiger charge is 2.44. The Bertz CT molecular complexity index is 2770. The van der Waals surface area contributed by atoms with Crippen molar-refractivity contribution in [1.82, 2.24) is 39.6 Å². The minimum absolute atomic E-state index is 0.0214. The number of pyridine rings is 2. The first-order valence-corrected chi connectivity index (χ1v) is 24.3. The summed E-state index contributed by atoms with van der Waals surface area (Å²) in [4.78, 5) is 105. The molecule has 1 aliphatic carbocycles. The maximum Gasteiger partial charge on any atom is 0.263 e. The van der Waals surface area contributed by atoms with Crippen molar-refractivity contribution in [3.63, 3.8) is 0 Å². The van der Waals surface area contributed by atoms with Crippen LogP contribution in [0.3, 0.4) is 0 Å². The Morgan fingerprint density at radius 3 is 2.28 bits per heavy atom. The number of likely N-dealkylation sites (tertiary alicyclic amines) is 1. The zero-order chi connectivity index (χ0) is 48.4. The lowest BCUT2D eigenvalue weighted by Gasteiger charge is -2.36. The topological polar surface area (TPSA) is 213 Å². The molecule has 0 spiro atoms. The number of aryl methyl sites for hydroxylation is 2. The molecule has 3 atom stereocenters. The lowest BCUT2D eigenvalue weighted by molar-refractivity contribution is -0.147. The van der Waals surface area contributed by atoms with Gasteiger partial charge in [0.25, 0.3) is 5.56 Å². The van der Waals surface area contributed by atoms with E-state index in [-0.39, 0.29) is 78.8 Å². The zero-order valence-corrected chi connectivity index (χ0v) is 40.4. The van der Waals surface area contributed by atoms with Gasteiger partial charge >= 0.3 is 0 Å². The zero-order valence-electron chi connectivity index (χ0n) is 39.6. The highest BCUT2D eigenvalue weighted by molar-refractivity contribution is 7.13. The number of hydrogen-bond acceptors (Lipinski definition) is 14. The van der Waals surface area contributed by atoms with Crippen LogP contribution in [0, 0.1) is 25.2 Å². The van der Waals surface area contributed by atoms with E-state index in [4.69, 9.17) is 4.98 Å². The normalized spacial score (nSPS) is 18.2. The number of ketones is 2. The van der Waals surface area contributed by atoms with E-state index in [1.54, 1.807) is 40.1 Å². The summed E-state index contributed by atoms with van der Waals surface area (Å²) in [5, 5.41) is 17.4. The first-order chi connectivity index (χ1) is 32.5. The van der Waals surface area contributed by atoms with Crippen molar-refractivity contribution < 1.29 is 29.1 Å². The summed E-state index contributed by atoms with van der Waals surface area (Å²) in [7, 11) is 0. The van der Waals surface area contributed by atoms with Crippen molar-refractivity contribution in [2.24, 2.45) is 11.3 Å². The number of piperazine rings is 1. The highest BCUT2D eigenvalue weighted by Crippen LogP contribution is 2.35. The van der Waals surface area contributed by atoms with Crippen LogP contribution < -0.4 is 21.1 Å². The molecular weight excluding hydrogens is 885 g/mol. The minimum Gasteiger partial charge on any atom is -0.391 e. The average molecular weight is 945 g/mol. The Morgan fingerprint density at radius 1 is 0.926 bits per heavy atom. The molecule has 68 heavy (non-hydrogen) atoms. The van der Waals surface area contributed by atoms with Crippen molar-refractivity contribution in [1.29, 1.82) is 0 Å². The van der Waals surface area contributed by atoms with Crippen LogP contribution in [0.5, 0.6) is 0 Å². The summed E-state index contributed by atoms with van der Waals surface area (Å²) in [5.41, 5.74) is 5.80. The Morgan fingerprint density at radius 2 is 1.65 bits per heavy atom. The lowest BCUT2D eigenvalue weighted by Crippen LogP contribution is -2.50. The van der Waals surface area contributed by atoms with E-state index < -0.39 is 29.4 Å². The second-order valence-electron chi connectivity index (χ2n) is 19.4. The molecule has 1 saturated carbocycles. The number of nitrogens with zero attached hydrogens (tertiary/aromatic N) is 8. The third kappa shape index (κ3) is 10.4. The van der Waals surface area contributed by atoms with Crippen LogP contribution in [0.2, 0.25) is 0 Å². The number of carbonyl (C=O) groups excluding carboxylic acids is 5. The molecule has 3 fully saturated rings. The van der Waals surface area contributed by atoms with Crippen LogP contribution in [0.4, 0.5) is 17.5 Å². The van der Waals surface area contributed by atoms with E-state index in [0.29, 0.717) is 48.6 Å². The van der Waals surface area contributed by atoms with Crippen LogP contribution >= 0.6 is 11.3 Å². The number of anilines is 3. The van der Waals surface area contributed by atoms with Gasteiger partial charge in [0.2, 0.25) is 23.7 Å². The molecule has 2 saturated heterocycles. The number of carbonyl (C=O) groups is 5. The molecule has 3 N–H and O–H groups in total. The second kappa shape index (κ2) is 20.1. The Kier molecular flexibility index (Phi) is 14.2. The maximum absolute atomic E-state index is 14.2. The van der Waals surface area contributed by atoms with Crippen LogP contribution in [0.15, 0.2) is 59.1 Å². The molecule has 17 nitrogen and oxygen atoms in total. The van der Waals surface area contributed by atoms with Gasteiger partial charge in [-0.3, -0.25) is 33.3 Å². The van der Waals surface area contributed by atoms with E-state index in [2.05, 4.69) is 30.5 Å². The third-order valence-electron chi connectivity index (χ3n) is 13.7. The summed E-state index contributed by atoms with van der Waals surface area (Å²) in [6.07, 6.45) is 5.76. The number of aromatic nitrogens is 5. The Balaban J connectivity index is 0.838. The fourth-order valence-electron chi connectivity index (χ4n) is 9.79. The van der Waals surface area contributed by atoms with Gasteiger partial charge in [0.1, 0.15) is 23.3 Å². The summed E-state index contributed by atoms with van der Waals surface area (Å²) in [5.74, 6) is -1.75. The van der Waals surface area contributed by atoms with Crippen molar-refractivity contribution in [3.8, 4) is 10.4 Å². The first-order valence-electron chi connectivity index (χ1n) is 23.4. The molecule has 3 amide bonds. The van der Waals surface area contributed by atoms with Gasteiger partial charge in [-0.2, -0.15) is 4.98 Å². The molecule has 0 radical (unpaired) electrons. The number of fused-ring (bicyclic) bond motifs is 1. The Hall–Kier alpha value is -6.40. The lowest BCUT2D eigenvalue weighted by atomic mass is 9.76. The van der Waals surface area contributed by atoms with E-state index in [1.165, 1.54) is 11.8 Å². The molecule has 6 heterocycles. The van der Waals surface area contributed by atoms with E-state index >= 15 is 0 Å². The average Bonchev–Trinajstić information content (AvgIpc) is 4.09. The van der Waals surface area contributed by atoms with Crippen molar-refractivity contribution in [3.05, 3.63) is 87.0 Å². The molecule has 358 valence electrons. The number of rotatable bonds is 14. The van der Waals surface area contributed by atoms with E-state index in [0.717, 1.165) is 53.1 Å². The maximum atomic E-state index is 14.2. The third-order valence-corrected chi connectivity index (χ3v) is 14.6. The predicted molar refractivity (Wildman–Crippen MR) is 260 cm³/mol. The molecule has 18 heteroatoms. The van der Waals surface area contributed by atoms with Crippen molar-refractivity contribution in [2.45, 2.75) is 111 Å². The number of nitrogens with one attached hydrogen (secondary N) is 2. The Labute approximate surface area is 399 Å². The van der Waals surface area contributed by atoms with E-state index in [9.17, 15) is 33.9 Å². The number of β-amino-alcohol motifs (C(OH)–C–C–N with tert-alkyl or cyclic N) is 1. The van der Waals surface area contributed by atoms with Gasteiger partial charge in [0.15, 0.2) is 5.78 Å². The SMILES string of the molecule is CC(=O)c1c(C)c2cnc(Nc3ccc(N4CCN(C(=O)CC(=O)C[C@H](C(=O)N5C[C@H](O)C[C@H]5C(=O)NCc5ccc(-c6scnc6C)cc5)C(C)(C)C)CC4)cn3)nc2n(C2CCCC2)c1=O. The number of benzene rings is 1. The minimum atomic E-state index is -0.896. The van der Waals surface area contributed by atoms with Gasteiger partial charge in [0.05, 0.1) is 46.1 Å². The van der Waals surface area contributed by atoms with Gasteiger partial charge in [0, 0.05) is 75.7 Å². The second-order valence-corrected chi connectivity index (χ2v) is 20.3. The molecule has 5 aromatic rings. The number of aliphatic hydroxyl groups excluding tert-OH is 1. The quantitative estimate of drug-likeness (QED) is 0.0872. The van der Waals surface area contributed by atoms with Gasteiger partial charge in [-0.15, -0.1) is 11.3 Å². The highest BCUT2D eigenvalue weighted by atomic mass is 32.1. The standard InChI is InChI=1S/C50H60N10O7S/c1-29-38-26-53-49(56-45(38)60(34-9-7-8-10-34)48(67)43(29)31(3)61)55-41-16-15-35(25-51-41)57-17-19-58(20-18-57)42(64)23-36(62)21-39(50(4,5)6)47(66)59-27-37(63)22-40(59)46(65)52-24-32-11-13-33(14-12-32)44-30(2)54-28-68-44/h11-16,25-26,28,34,37,39-40,63H,7-10,17-24,27H2,1-6H3,(H,52,65)(H,51,53,55,56)/t37-,39-,40+/m1/s1. The molecule has 3 aliphatic rings. The van der Waals surface area contributed by atoms with Crippen LogP contribution in [-0.4, -0.2) is 114 Å². The van der Waals surface area contributed by atoms with Crippen LogP contribution in [-0.2, 0) is 25.7 Å². The first kappa shape index (κ1) is 48.1. The monoisotopic (exact) mass is 944 g/mol. The van der Waals surface area contributed by atoms with Gasteiger partial charge in [-0.1, -0.05) is 57.9 Å².